The zero-order valence-electron chi connectivity index (χ0n) is 22.6. The summed E-state index contributed by atoms with van der Waals surface area (Å²) in [5.74, 6) is -0.300. The molecule has 2 heterocycles. The van der Waals surface area contributed by atoms with Gasteiger partial charge in [-0.15, -0.1) is 0 Å². The Bertz CT molecular complexity index is 1490. The summed E-state index contributed by atoms with van der Waals surface area (Å²) in [4.78, 5) is 22.0. The van der Waals surface area contributed by atoms with Gasteiger partial charge in [-0.05, 0) is 41.0 Å². The summed E-state index contributed by atoms with van der Waals surface area (Å²) in [6.45, 7) is 5.87. The Kier molecular flexibility index (Phi) is 7.98. The fourth-order valence-electron chi connectivity index (χ4n) is 5.60. The van der Waals surface area contributed by atoms with Gasteiger partial charge in [0, 0.05) is 32.7 Å². The van der Waals surface area contributed by atoms with Gasteiger partial charge in [0.2, 0.25) is 0 Å². The molecule has 4 aromatic carbocycles. The van der Waals surface area contributed by atoms with Crippen molar-refractivity contribution in [3.63, 3.8) is 0 Å². The summed E-state index contributed by atoms with van der Waals surface area (Å²) in [5.41, 5.74) is 6.55. The first-order chi connectivity index (χ1) is 19.7. The second-order valence-corrected chi connectivity index (χ2v) is 10.3. The number of piperazine rings is 1. The average molecular weight is 531 g/mol. The largest absolute Gasteiger partial charge is 0.460 e. The number of hydrogen-bond acceptors (Lipinski definition) is 5. The molecule has 6 heteroatoms. The maximum absolute atomic E-state index is 12.2. The molecule has 40 heavy (non-hydrogen) atoms. The molecule has 0 atom stereocenters. The monoisotopic (exact) mass is 530 g/mol. The third-order valence-electron chi connectivity index (χ3n) is 7.67. The smallest absolute Gasteiger partial charge is 0.338 e. The summed E-state index contributed by atoms with van der Waals surface area (Å²) in [6.07, 6.45) is 1.83. The quantitative estimate of drug-likeness (QED) is 0.226. The van der Waals surface area contributed by atoms with E-state index in [2.05, 4.69) is 93.6 Å². The van der Waals surface area contributed by atoms with Crippen LogP contribution < -0.4 is 0 Å². The Labute approximate surface area is 235 Å². The number of fused-ring (bicyclic) bond motifs is 1. The van der Waals surface area contributed by atoms with Crippen molar-refractivity contribution in [2.45, 2.75) is 19.1 Å². The first-order valence-corrected chi connectivity index (χ1v) is 14.0. The van der Waals surface area contributed by atoms with Crippen molar-refractivity contribution < 1.29 is 9.53 Å². The van der Waals surface area contributed by atoms with Gasteiger partial charge in [-0.1, -0.05) is 84.9 Å². The molecular formula is C34H34N4O2. The molecule has 0 aliphatic carbocycles. The summed E-state index contributed by atoms with van der Waals surface area (Å²) in [5, 5.41) is 0. The Morgan fingerprint density at radius 3 is 2.05 bits per heavy atom. The molecule has 0 saturated carbocycles. The van der Waals surface area contributed by atoms with Crippen LogP contribution in [0, 0.1) is 0 Å². The molecule has 202 valence electrons. The molecule has 1 aliphatic rings. The minimum Gasteiger partial charge on any atom is -0.460 e. The normalized spacial score (nSPS) is 14.5. The van der Waals surface area contributed by atoms with Crippen molar-refractivity contribution in [3.8, 4) is 0 Å². The SMILES string of the molecule is O=C(OCCn1cnc2cc(CN3CCN(C(c4ccccc4)c4ccccc4)CC3)ccc21)c1ccccc1. The van der Waals surface area contributed by atoms with Gasteiger partial charge in [-0.3, -0.25) is 9.80 Å². The van der Waals surface area contributed by atoms with Gasteiger partial charge in [-0.25, -0.2) is 9.78 Å². The van der Waals surface area contributed by atoms with Gasteiger partial charge in [0.1, 0.15) is 6.61 Å². The highest BCUT2D eigenvalue weighted by Gasteiger charge is 2.26. The number of benzene rings is 4. The van der Waals surface area contributed by atoms with Gasteiger partial charge in [0.15, 0.2) is 0 Å². The summed E-state index contributed by atoms with van der Waals surface area (Å²) >= 11 is 0. The summed E-state index contributed by atoms with van der Waals surface area (Å²) in [7, 11) is 0. The van der Waals surface area contributed by atoms with E-state index in [1.807, 2.05) is 29.1 Å². The number of rotatable bonds is 9. The highest BCUT2D eigenvalue weighted by molar-refractivity contribution is 5.89. The number of imidazole rings is 1. The standard InChI is InChI=1S/C34H34N4O2/c39-34(30-14-8-3-9-15-30)40-23-22-38-26-35-31-24-27(16-17-32(31)38)25-36-18-20-37(21-19-36)33(28-10-4-1-5-11-28)29-12-6-2-7-13-29/h1-17,24,26,33H,18-23,25H2. The van der Waals surface area contributed by atoms with Crippen molar-refractivity contribution in [1.29, 1.82) is 0 Å². The molecule has 1 fully saturated rings. The zero-order chi connectivity index (χ0) is 27.1. The number of carbonyl (C=O) groups excluding carboxylic acids is 1. The maximum atomic E-state index is 12.2. The second kappa shape index (κ2) is 12.3. The van der Waals surface area contributed by atoms with E-state index in [1.165, 1.54) is 16.7 Å². The maximum Gasteiger partial charge on any atom is 0.338 e. The van der Waals surface area contributed by atoms with Crippen LogP contribution in [0.2, 0.25) is 0 Å². The lowest BCUT2D eigenvalue weighted by Gasteiger charge is -2.39. The van der Waals surface area contributed by atoms with E-state index in [4.69, 9.17) is 4.74 Å². The molecule has 0 unspecified atom stereocenters. The second-order valence-electron chi connectivity index (χ2n) is 10.3. The lowest BCUT2D eigenvalue weighted by Crippen LogP contribution is -2.47. The van der Waals surface area contributed by atoms with Crippen molar-refractivity contribution >= 4 is 17.0 Å². The average Bonchev–Trinajstić information content (AvgIpc) is 3.42. The van der Waals surface area contributed by atoms with Crippen molar-refractivity contribution in [3.05, 3.63) is 138 Å². The molecule has 0 bridgehead atoms. The van der Waals surface area contributed by atoms with E-state index in [0.717, 1.165) is 43.8 Å². The Hall–Kier alpha value is -4.26. The van der Waals surface area contributed by atoms with Crippen LogP contribution in [0.25, 0.3) is 11.0 Å². The molecule has 1 aromatic heterocycles. The van der Waals surface area contributed by atoms with Gasteiger partial charge < -0.3 is 9.30 Å². The summed E-state index contributed by atoms with van der Waals surface area (Å²) in [6, 6.07) is 37.6. The first kappa shape index (κ1) is 26.0. The fraction of sp³-hybridized carbons (Fsp3) is 0.235. The predicted octanol–water partition coefficient (Wildman–Crippen LogP) is 5.80. The molecule has 5 aromatic rings. The van der Waals surface area contributed by atoms with Crippen molar-refractivity contribution in [1.82, 2.24) is 19.4 Å². The number of ether oxygens (including phenoxy) is 1. The van der Waals surface area contributed by atoms with E-state index in [1.54, 1.807) is 12.1 Å². The predicted molar refractivity (Wildman–Crippen MR) is 158 cm³/mol. The number of nitrogens with zero attached hydrogens (tertiary/aromatic N) is 4. The van der Waals surface area contributed by atoms with Crippen LogP contribution in [-0.2, 0) is 17.8 Å². The van der Waals surface area contributed by atoms with Gasteiger partial charge in [0.25, 0.3) is 0 Å². The number of esters is 1. The molecule has 1 saturated heterocycles. The summed E-state index contributed by atoms with van der Waals surface area (Å²) < 4.78 is 7.50. The van der Waals surface area contributed by atoms with Gasteiger partial charge >= 0.3 is 5.97 Å². The van der Waals surface area contributed by atoms with Crippen LogP contribution in [0.1, 0.15) is 33.1 Å². The number of aromatic nitrogens is 2. The van der Waals surface area contributed by atoms with Crippen LogP contribution in [0.3, 0.4) is 0 Å². The Balaban J connectivity index is 1.05. The minimum absolute atomic E-state index is 0.275. The van der Waals surface area contributed by atoms with Crippen LogP contribution >= 0.6 is 0 Å². The van der Waals surface area contributed by atoms with Crippen molar-refractivity contribution in [2.24, 2.45) is 0 Å². The van der Waals surface area contributed by atoms with E-state index >= 15 is 0 Å². The fourth-order valence-corrected chi connectivity index (χ4v) is 5.60. The topological polar surface area (TPSA) is 50.6 Å². The van der Waals surface area contributed by atoms with Gasteiger partial charge in [-0.2, -0.15) is 0 Å². The lowest BCUT2D eigenvalue weighted by atomic mass is 9.96. The molecule has 0 spiro atoms. The van der Waals surface area contributed by atoms with E-state index in [9.17, 15) is 4.79 Å². The Morgan fingerprint density at radius 1 is 0.775 bits per heavy atom. The lowest BCUT2D eigenvalue weighted by molar-refractivity contribution is 0.0492. The minimum atomic E-state index is -0.300. The van der Waals surface area contributed by atoms with Crippen LogP contribution in [0.15, 0.2) is 116 Å². The van der Waals surface area contributed by atoms with Crippen molar-refractivity contribution in [2.75, 3.05) is 32.8 Å². The molecule has 6 nitrogen and oxygen atoms in total. The van der Waals surface area contributed by atoms with Gasteiger partial charge in [0.05, 0.1) is 35.5 Å². The number of carbonyl (C=O) groups is 1. The zero-order valence-corrected chi connectivity index (χ0v) is 22.6. The number of hydrogen-bond donors (Lipinski definition) is 0. The highest BCUT2D eigenvalue weighted by atomic mass is 16.5. The van der Waals surface area contributed by atoms with Crippen LogP contribution in [-0.4, -0.2) is 58.1 Å². The van der Waals surface area contributed by atoms with E-state index < -0.39 is 0 Å². The first-order valence-electron chi connectivity index (χ1n) is 14.0. The molecule has 0 radical (unpaired) electrons. The third kappa shape index (κ3) is 5.98. The highest BCUT2D eigenvalue weighted by Crippen LogP contribution is 2.29. The van der Waals surface area contributed by atoms with E-state index in [-0.39, 0.29) is 12.0 Å². The molecular weight excluding hydrogens is 496 g/mol. The third-order valence-corrected chi connectivity index (χ3v) is 7.67. The molecule has 1 aliphatic heterocycles. The Morgan fingerprint density at radius 2 is 1.40 bits per heavy atom. The van der Waals surface area contributed by atoms with Crippen LogP contribution in [0.4, 0.5) is 0 Å². The van der Waals surface area contributed by atoms with Crippen LogP contribution in [0.5, 0.6) is 0 Å². The molecule has 0 N–H and O–H groups in total. The molecule has 0 amide bonds. The van der Waals surface area contributed by atoms with E-state index in [0.29, 0.717) is 18.7 Å². The molecule has 6 rings (SSSR count).